The molecule has 5 rings (SSSR count). The van der Waals surface area contributed by atoms with Gasteiger partial charge < -0.3 is 18.9 Å². The third-order valence-electron chi connectivity index (χ3n) is 6.56. The van der Waals surface area contributed by atoms with Gasteiger partial charge in [-0.15, -0.1) is 0 Å². The van der Waals surface area contributed by atoms with E-state index in [9.17, 15) is 9.59 Å². The molecule has 5 aliphatic rings. The molecule has 0 amide bonds. The molecule has 0 aromatic heterocycles. The van der Waals surface area contributed by atoms with Crippen molar-refractivity contribution in [3.63, 3.8) is 0 Å². The maximum absolute atomic E-state index is 12.3. The van der Waals surface area contributed by atoms with Gasteiger partial charge >= 0.3 is 11.9 Å². The van der Waals surface area contributed by atoms with Crippen molar-refractivity contribution >= 4 is 11.9 Å². The average molecular weight is 352 g/mol. The van der Waals surface area contributed by atoms with Crippen LogP contribution in [0, 0.1) is 11.8 Å². The molecule has 140 valence electrons. The quantitative estimate of drug-likeness (QED) is 0.559. The maximum atomic E-state index is 12.3. The number of ether oxygens (including phenoxy) is 4. The monoisotopic (exact) mass is 352 g/mol. The Bertz CT molecular complexity index is 563. The van der Waals surface area contributed by atoms with Gasteiger partial charge in [-0.25, -0.2) is 4.79 Å². The number of hydrogen-bond acceptors (Lipinski definition) is 6. The van der Waals surface area contributed by atoms with Gasteiger partial charge in [-0.1, -0.05) is 0 Å². The van der Waals surface area contributed by atoms with Crippen molar-refractivity contribution in [2.45, 2.75) is 88.8 Å². The topological polar surface area (TPSA) is 74.4 Å². The molecule has 3 saturated heterocycles. The minimum atomic E-state index is -0.864. The zero-order valence-electron chi connectivity index (χ0n) is 15.3. The number of esters is 2. The number of fused-ring (bicyclic) bond motifs is 3. The van der Waals surface area contributed by atoms with Gasteiger partial charge in [0, 0.05) is 12.3 Å². The molecule has 0 aromatic carbocycles. The number of carbonyl (C=O) groups is 2. The van der Waals surface area contributed by atoms with Crippen molar-refractivity contribution in [3.8, 4) is 0 Å². The van der Waals surface area contributed by atoms with Crippen LogP contribution in [0.5, 0.6) is 0 Å². The molecule has 2 aliphatic carbocycles. The van der Waals surface area contributed by atoms with Crippen molar-refractivity contribution in [1.82, 2.24) is 0 Å². The fourth-order valence-corrected chi connectivity index (χ4v) is 4.56. The number of hydrogen-bond donors (Lipinski definition) is 0. The normalized spacial score (nSPS) is 45.6. The average Bonchev–Trinajstić information content (AvgIpc) is 3.23. The number of rotatable bonds is 5. The summed E-state index contributed by atoms with van der Waals surface area (Å²) in [5, 5.41) is 0. The molecule has 7 atom stereocenters. The molecule has 6 nitrogen and oxygen atoms in total. The zero-order valence-corrected chi connectivity index (χ0v) is 15.3. The van der Waals surface area contributed by atoms with Gasteiger partial charge in [0.25, 0.3) is 0 Å². The summed E-state index contributed by atoms with van der Waals surface area (Å²) in [6.45, 7) is 6.14. The highest BCUT2D eigenvalue weighted by Gasteiger charge is 2.56. The van der Waals surface area contributed by atoms with E-state index in [0.717, 1.165) is 32.1 Å². The number of epoxide rings is 1. The first-order valence-electron chi connectivity index (χ1n) is 9.51. The van der Waals surface area contributed by atoms with E-state index >= 15 is 0 Å². The summed E-state index contributed by atoms with van der Waals surface area (Å²) in [6, 6.07) is 0. The first-order chi connectivity index (χ1) is 11.8. The van der Waals surface area contributed by atoms with Gasteiger partial charge in [-0.2, -0.15) is 0 Å². The van der Waals surface area contributed by atoms with Crippen LogP contribution < -0.4 is 0 Å². The fourth-order valence-electron chi connectivity index (χ4n) is 4.56. The molecule has 6 heteroatoms. The molecule has 25 heavy (non-hydrogen) atoms. The van der Waals surface area contributed by atoms with Crippen molar-refractivity contribution < 1.29 is 28.5 Å². The van der Waals surface area contributed by atoms with Crippen LogP contribution in [-0.2, 0) is 28.5 Å². The predicted octanol–water partition coefficient (Wildman–Crippen LogP) is 2.38. The Balaban J connectivity index is 1.19. The predicted molar refractivity (Wildman–Crippen MR) is 87.8 cm³/mol. The van der Waals surface area contributed by atoms with Gasteiger partial charge in [0.05, 0.1) is 35.9 Å². The zero-order chi connectivity index (χ0) is 17.8. The summed E-state index contributed by atoms with van der Waals surface area (Å²) in [7, 11) is 0. The lowest BCUT2D eigenvalue weighted by Gasteiger charge is -2.54. The summed E-state index contributed by atoms with van der Waals surface area (Å²) >= 11 is 0. The molecule has 3 aliphatic heterocycles. The van der Waals surface area contributed by atoms with E-state index in [2.05, 4.69) is 13.8 Å². The summed E-state index contributed by atoms with van der Waals surface area (Å²) in [4.78, 5) is 24.4. The molecule has 0 spiro atoms. The molecular weight excluding hydrogens is 324 g/mol. The van der Waals surface area contributed by atoms with E-state index in [0.29, 0.717) is 13.0 Å². The minimum Gasteiger partial charge on any atom is -0.463 e. The lowest BCUT2D eigenvalue weighted by molar-refractivity contribution is -0.254. The van der Waals surface area contributed by atoms with Crippen LogP contribution in [0.4, 0.5) is 0 Å². The third-order valence-corrected chi connectivity index (χ3v) is 6.56. The van der Waals surface area contributed by atoms with Crippen LogP contribution in [-0.4, -0.2) is 48.1 Å². The van der Waals surface area contributed by atoms with Crippen LogP contribution in [0.3, 0.4) is 0 Å². The van der Waals surface area contributed by atoms with Crippen LogP contribution in [0.15, 0.2) is 0 Å². The second-order valence-electron chi connectivity index (χ2n) is 8.71. The van der Waals surface area contributed by atoms with E-state index in [1.807, 2.05) is 0 Å². The molecule has 0 radical (unpaired) electrons. The van der Waals surface area contributed by atoms with Crippen LogP contribution in [0.1, 0.15) is 59.3 Å². The smallest absolute Gasteiger partial charge is 0.347 e. The van der Waals surface area contributed by atoms with E-state index in [1.165, 1.54) is 0 Å². The highest BCUT2D eigenvalue weighted by molar-refractivity contribution is 5.80. The summed E-state index contributed by atoms with van der Waals surface area (Å²) < 4.78 is 22.2. The van der Waals surface area contributed by atoms with Crippen molar-refractivity contribution in [1.29, 1.82) is 0 Å². The Labute approximate surface area is 148 Å². The number of carbonyl (C=O) groups excluding carboxylic acids is 2. The highest BCUT2D eigenvalue weighted by atomic mass is 16.6. The summed E-state index contributed by atoms with van der Waals surface area (Å²) in [6.07, 6.45) is 4.91. The lowest BCUT2D eigenvalue weighted by Crippen LogP contribution is -2.57. The molecule has 2 saturated carbocycles. The molecule has 5 fully saturated rings. The van der Waals surface area contributed by atoms with E-state index in [4.69, 9.17) is 18.9 Å². The van der Waals surface area contributed by atoms with E-state index in [-0.39, 0.29) is 41.2 Å². The molecular formula is C19H28O6. The third kappa shape index (κ3) is 3.31. The van der Waals surface area contributed by atoms with Crippen LogP contribution in [0.2, 0.25) is 0 Å². The Morgan fingerprint density at radius 1 is 1.20 bits per heavy atom. The second-order valence-corrected chi connectivity index (χ2v) is 8.71. The highest BCUT2D eigenvalue weighted by Crippen LogP contribution is 2.49. The fraction of sp³-hybridized carbons (Fsp3) is 0.895. The van der Waals surface area contributed by atoms with Gasteiger partial charge in [-0.05, 0) is 52.9 Å². The van der Waals surface area contributed by atoms with Crippen molar-refractivity contribution in [2.75, 3.05) is 6.61 Å². The standard InChI is InChI=1S/C19H28O6/c1-11(23-17(21)12-5-7-19(3)15(8-12)25-19)16(20)22-10-13-4-6-18(2)9-14(13)24-18/h11-15H,4-10H2,1-3H3. The maximum Gasteiger partial charge on any atom is 0.347 e. The van der Waals surface area contributed by atoms with E-state index in [1.54, 1.807) is 6.92 Å². The SMILES string of the molecule is CC(OC(=O)C1CCC2(C)OC2C1)C(=O)OCC1CCC2(C)CC1O2. The van der Waals surface area contributed by atoms with Crippen LogP contribution >= 0.6 is 0 Å². The Morgan fingerprint density at radius 3 is 2.60 bits per heavy atom. The van der Waals surface area contributed by atoms with Gasteiger partial charge in [-0.3, -0.25) is 4.79 Å². The first-order valence-corrected chi connectivity index (χ1v) is 9.51. The van der Waals surface area contributed by atoms with Crippen molar-refractivity contribution in [2.24, 2.45) is 11.8 Å². The Hall–Kier alpha value is -1.14. The molecule has 3 heterocycles. The minimum absolute atomic E-state index is 0.0268. The van der Waals surface area contributed by atoms with E-state index < -0.39 is 12.1 Å². The van der Waals surface area contributed by atoms with Gasteiger partial charge in [0.1, 0.15) is 0 Å². The van der Waals surface area contributed by atoms with Gasteiger partial charge in [0.2, 0.25) is 0 Å². The van der Waals surface area contributed by atoms with Crippen molar-refractivity contribution in [3.05, 3.63) is 0 Å². The molecule has 2 bridgehead atoms. The molecule has 0 aromatic rings. The van der Waals surface area contributed by atoms with Crippen LogP contribution in [0.25, 0.3) is 0 Å². The summed E-state index contributed by atoms with van der Waals surface area (Å²) in [5.41, 5.74) is 0.0241. The Morgan fingerprint density at radius 2 is 1.96 bits per heavy atom. The molecule has 7 unspecified atom stereocenters. The lowest BCUT2D eigenvalue weighted by atomic mass is 9.72. The van der Waals surface area contributed by atoms with Gasteiger partial charge in [0.15, 0.2) is 6.10 Å². The molecule has 0 N–H and O–H groups in total. The second kappa shape index (κ2) is 5.95. The summed E-state index contributed by atoms with van der Waals surface area (Å²) in [5.74, 6) is -0.686. The largest absolute Gasteiger partial charge is 0.463 e. The Kier molecular flexibility index (Phi) is 4.11. The first kappa shape index (κ1) is 17.3.